The Labute approximate surface area is 134 Å². The molecule has 4 rings (SSSR count). The van der Waals surface area contributed by atoms with Crippen LogP contribution in [-0.4, -0.2) is 10.9 Å². The summed E-state index contributed by atoms with van der Waals surface area (Å²) in [6.45, 7) is 2.03. The molecule has 1 aromatic heterocycles. The van der Waals surface area contributed by atoms with Crippen LogP contribution in [0.2, 0.25) is 0 Å². The molecule has 1 fully saturated rings. The van der Waals surface area contributed by atoms with Crippen molar-refractivity contribution in [2.45, 2.75) is 32.1 Å². The summed E-state index contributed by atoms with van der Waals surface area (Å²) in [7, 11) is 0. The second kappa shape index (κ2) is 5.54. The molecular formula is C19H18N2O2. The predicted octanol–water partition coefficient (Wildman–Crippen LogP) is 4.19. The lowest BCUT2D eigenvalue weighted by Gasteiger charge is -2.05. The number of rotatable bonds is 4. The van der Waals surface area contributed by atoms with Crippen molar-refractivity contribution in [3.05, 3.63) is 59.5 Å². The molecule has 1 aliphatic carbocycles. The smallest absolute Gasteiger partial charge is 0.228 e. The lowest BCUT2D eigenvalue weighted by atomic mass is 10.1. The van der Waals surface area contributed by atoms with Gasteiger partial charge < -0.3 is 9.73 Å². The second-order valence-electron chi connectivity index (χ2n) is 6.22. The van der Waals surface area contributed by atoms with Crippen molar-refractivity contribution in [2.24, 2.45) is 0 Å². The number of carbonyl (C=O) groups excluding carboxylic acids is 1. The standard InChI is InChI=1S/C19H18N2O2/c1-12-2-4-13(5-3-12)10-18(22)20-15-8-9-17-16(11-15)21-19(23-17)14-6-7-14/h2-5,8-9,11,14H,6-7,10H2,1H3,(H,20,22). The summed E-state index contributed by atoms with van der Waals surface area (Å²) >= 11 is 0. The van der Waals surface area contributed by atoms with Crippen molar-refractivity contribution >= 4 is 22.7 Å². The van der Waals surface area contributed by atoms with Crippen molar-refractivity contribution < 1.29 is 9.21 Å². The van der Waals surface area contributed by atoms with E-state index in [1.54, 1.807) is 0 Å². The van der Waals surface area contributed by atoms with Gasteiger partial charge in [0.05, 0.1) is 6.42 Å². The third kappa shape index (κ3) is 3.11. The van der Waals surface area contributed by atoms with Gasteiger partial charge in [-0.05, 0) is 43.5 Å². The summed E-state index contributed by atoms with van der Waals surface area (Å²) in [5.41, 5.74) is 4.54. The first-order chi connectivity index (χ1) is 11.2. The van der Waals surface area contributed by atoms with E-state index in [-0.39, 0.29) is 5.91 Å². The summed E-state index contributed by atoms with van der Waals surface area (Å²) in [4.78, 5) is 16.7. The Morgan fingerprint density at radius 1 is 1.22 bits per heavy atom. The molecule has 0 unspecified atom stereocenters. The molecule has 4 nitrogen and oxygen atoms in total. The van der Waals surface area contributed by atoms with E-state index in [4.69, 9.17) is 4.42 Å². The molecule has 4 heteroatoms. The van der Waals surface area contributed by atoms with Gasteiger partial charge in [0.2, 0.25) is 5.91 Å². The van der Waals surface area contributed by atoms with Gasteiger partial charge in [-0.1, -0.05) is 29.8 Å². The first-order valence-electron chi connectivity index (χ1n) is 7.93. The van der Waals surface area contributed by atoms with E-state index in [2.05, 4.69) is 10.3 Å². The van der Waals surface area contributed by atoms with Crippen LogP contribution >= 0.6 is 0 Å². The highest BCUT2D eigenvalue weighted by Crippen LogP contribution is 2.40. The van der Waals surface area contributed by atoms with E-state index >= 15 is 0 Å². The fraction of sp³-hybridized carbons (Fsp3) is 0.263. The predicted molar refractivity (Wildman–Crippen MR) is 89.5 cm³/mol. The molecule has 0 saturated heterocycles. The Hall–Kier alpha value is -2.62. The number of fused-ring (bicyclic) bond motifs is 1. The normalized spacial score (nSPS) is 14.1. The van der Waals surface area contributed by atoms with Gasteiger partial charge >= 0.3 is 0 Å². The third-order valence-corrected chi connectivity index (χ3v) is 4.10. The Balaban J connectivity index is 1.47. The van der Waals surface area contributed by atoms with Gasteiger partial charge in [0.25, 0.3) is 0 Å². The van der Waals surface area contributed by atoms with Crippen LogP contribution in [0, 0.1) is 6.92 Å². The molecule has 1 saturated carbocycles. The van der Waals surface area contributed by atoms with E-state index in [1.165, 1.54) is 5.56 Å². The topological polar surface area (TPSA) is 55.1 Å². The van der Waals surface area contributed by atoms with Gasteiger partial charge in [0, 0.05) is 11.6 Å². The molecule has 0 spiro atoms. The van der Waals surface area contributed by atoms with Crippen LogP contribution in [0.3, 0.4) is 0 Å². The molecule has 1 aliphatic rings. The number of anilines is 1. The van der Waals surface area contributed by atoms with Crippen LogP contribution in [0.15, 0.2) is 46.9 Å². The molecular weight excluding hydrogens is 288 g/mol. The molecule has 0 radical (unpaired) electrons. The third-order valence-electron chi connectivity index (χ3n) is 4.10. The molecule has 23 heavy (non-hydrogen) atoms. The van der Waals surface area contributed by atoms with Crippen LogP contribution in [0.1, 0.15) is 35.8 Å². The molecule has 0 aliphatic heterocycles. The number of oxazole rings is 1. The first-order valence-corrected chi connectivity index (χ1v) is 7.93. The van der Waals surface area contributed by atoms with Gasteiger partial charge in [-0.2, -0.15) is 0 Å². The lowest BCUT2D eigenvalue weighted by Crippen LogP contribution is -2.14. The van der Waals surface area contributed by atoms with Crippen LogP contribution in [0.4, 0.5) is 5.69 Å². The number of nitrogens with one attached hydrogen (secondary N) is 1. The van der Waals surface area contributed by atoms with E-state index in [0.29, 0.717) is 12.3 Å². The number of benzene rings is 2. The SMILES string of the molecule is Cc1ccc(CC(=O)Nc2ccc3oc(C4CC4)nc3c2)cc1. The van der Waals surface area contributed by atoms with Crippen molar-refractivity contribution in [1.29, 1.82) is 0 Å². The number of hydrogen-bond donors (Lipinski definition) is 1. The molecule has 1 heterocycles. The van der Waals surface area contributed by atoms with Crippen LogP contribution in [0.5, 0.6) is 0 Å². The van der Waals surface area contributed by atoms with E-state index in [1.807, 2.05) is 49.4 Å². The molecule has 1 N–H and O–H groups in total. The zero-order valence-corrected chi connectivity index (χ0v) is 13.0. The lowest BCUT2D eigenvalue weighted by molar-refractivity contribution is -0.115. The highest BCUT2D eigenvalue weighted by Gasteiger charge is 2.28. The molecule has 0 atom stereocenters. The maximum atomic E-state index is 12.2. The summed E-state index contributed by atoms with van der Waals surface area (Å²) < 4.78 is 5.73. The van der Waals surface area contributed by atoms with E-state index in [0.717, 1.165) is 41.1 Å². The number of carbonyl (C=O) groups is 1. The quantitative estimate of drug-likeness (QED) is 0.786. The largest absolute Gasteiger partial charge is 0.440 e. The number of amides is 1. The average Bonchev–Trinajstić information content (AvgIpc) is 3.29. The number of aromatic nitrogens is 1. The average molecular weight is 306 g/mol. The first kappa shape index (κ1) is 14.0. The van der Waals surface area contributed by atoms with E-state index in [9.17, 15) is 4.79 Å². The molecule has 1 amide bonds. The highest BCUT2D eigenvalue weighted by atomic mass is 16.3. The summed E-state index contributed by atoms with van der Waals surface area (Å²) in [6.07, 6.45) is 2.68. The Bertz CT molecular complexity index is 861. The van der Waals surface area contributed by atoms with Crippen LogP contribution in [-0.2, 0) is 11.2 Å². The molecule has 2 aromatic carbocycles. The van der Waals surface area contributed by atoms with Gasteiger partial charge in [0.1, 0.15) is 5.52 Å². The van der Waals surface area contributed by atoms with Crippen LogP contribution < -0.4 is 5.32 Å². The fourth-order valence-corrected chi connectivity index (χ4v) is 2.62. The monoisotopic (exact) mass is 306 g/mol. The van der Waals surface area contributed by atoms with Crippen molar-refractivity contribution in [3.8, 4) is 0 Å². The minimum atomic E-state index is -0.0286. The fourth-order valence-electron chi connectivity index (χ4n) is 2.62. The Kier molecular flexibility index (Phi) is 3.37. The molecule has 116 valence electrons. The van der Waals surface area contributed by atoms with Gasteiger partial charge in [-0.15, -0.1) is 0 Å². The zero-order valence-electron chi connectivity index (χ0n) is 13.0. The second-order valence-corrected chi connectivity index (χ2v) is 6.22. The minimum absolute atomic E-state index is 0.0286. The Morgan fingerprint density at radius 2 is 2.00 bits per heavy atom. The molecule has 0 bridgehead atoms. The Morgan fingerprint density at radius 3 is 2.74 bits per heavy atom. The highest BCUT2D eigenvalue weighted by molar-refractivity contribution is 5.94. The van der Waals surface area contributed by atoms with Gasteiger partial charge in [-0.3, -0.25) is 4.79 Å². The van der Waals surface area contributed by atoms with Crippen LogP contribution in [0.25, 0.3) is 11.1 Å². The van der Waals surface area contributed by atoms with E-state index < -0.39 is 0 Å². The summed E-state index contributed by atoms with van der Waals surface area (Å²) in [5.74, 6) is 1.28. The summed E-state index contributed by atoms with van der Waals surface area (Å²) in [5, 5.41) is 2.93. The maximum absolute atomic E-state index is 12.2. The number of aryl methyl sites for hydroxylation is 1. The maximum Gasteiger partial charge on any atom is 0.228 e. The number of hydrogen-bond acceptors (Lipinski definition) is 3. The minimum Gasteiger partial charge on any atom is -0.440 e. The van der Waals surface area contributed by atoms with Gasteiger partial charge in [0.15, 0.2) is 11.5 Å². The summed E-state index contributed by atoms with van der Waals surface area (Å²) in [6, 6.07) is 13.6. The van der Waals surface area contributed by atoms with Crippen molar-refractivity contribution in [3.63, 3.8) is 0 Å². The van der Waals surface area contributed by atoms with Crippen molar-refractivity contribution in [1.82, 2.24) is 4.98 Å². The molecule has 3 aromatic rings. The number of nitrogens with zero attached hydrogens (tertiary/aromatic N) is 1. The van der Waals surface area contributed by atoms with Gasteiger partial charge in [-0.25, -0.2) is 4.98 Å². The van der Waals surface area contributed by atoms with Crippen molar-refractivity contribution in [2.75, 3.05) is 5.32 Å². The zero-order chi connectivity index (χ0) is 15.8.